The zero-order valence-electron chi connectivity index (χ0n) is 26.2. The molecule has 3 aliphatic heterocycles. The minimum atomic E-state index is -0.498. The average molecular weight is 560 g/mol. The molecular weight excluding hydrogens is 502 g/mol. The van der Waals surface area contributed by atoms with Crippen LogP contribution in [-0.2, 0) is 25.5 Å². The van der Waals surface area contributed by atoms with E-state index in [0.29, 0.717) is 13.2 Å². The van der Waals surface area contributed by atoms with Crippen LogP contribution in [-0.4, -0.2) is 60.6 Å². The number of hydroxylamine groups is 2. The standard InChI is InChI=1S/C34H57NO5/c1-6-9-10-11-12-13-14-15-16-30-25-38-34(40-30)26-32(4,5)35(33(7-2,8-3)27-34)39-22-21-28-17-19-29(20-18-28)36-23-31-24-37-31/h17-20,30-31H,6-16,21-27H2,1-5H3. The van der Waals surface area contributed by atoms with Crippen molar-refractivity contribution in [3.63, 3.8) is 0 Å². The zero-order valence-corrected chi connectivity index (χ0v) is 26.2. The SMILES string of the molecule is CCCCCCCCCCC1COC2(CC(C)(C)N(OCCc3ccc(OCC4CO4)cc3)C(CC)(CC)C2)O1. The first-order valence-corrected chi connectivity index (χ1v) is 16.4. The molecular formula is C34H57NO5. The Morgan fingerprint density at radius 3 is 2.17 bits per heavy atom. The number of piperidine rings is 1. The molecule has 3 heterocycles. The normalized spacial score (nSPS) is 27.3. The van der Waals surface area contributed by atoms with E-state index < -0.39 is 5.79 Å². The summed E-state index contributed by atoms with van der Waals surface area (Å²) in [5, 5.41) is 2.32. The van der Waals surface area contributed by atoms with E-state index in [1.54, 1.807) is 0 Å². The Bertz CT molecular complexity index is 866. The quantitative estimate of drug-likeness (QED) is 0.134. The van der Waals surface area contributed by atoms with E-state index in [-0.39, 0.29) is 23.3 Å². The lowest BCUT2D eigenvalue weighted by Gasteiger charge is -2.58. The molecule has 3 saturated heterocycles. The topological polar surface area (TPSA) is 52.7 Å². The maximum atomic E-state index is 6.79. The Labute approximate surface area is 244 Å². The van der Waals surface area contributed by atoms with Crippen molar-refractivity contribution in [3.8, 4) is 5.75 Å². The van der Waals surface area contributed by atoms with Crippen molar-refractivity contribution in [1.82, 2.24) is 5.06 Å². The van der Waals surface area contributed by atoms with Crippen molar-refractivity contribution in [2.75, 3.05) is 26.4 Å². The highest BCUT2D eigenvalue weighted by molar-refractivity contribution is 5.27. The minimum absolute atomic E-state index is 0.113. The second-order valence-corrected chi connectivity index (χ2v) is 13.1. The molecule has 0 bridgehead atoms. The van der Waals surface area contributed by atoms with Crippen molar-refractivity contribution in [2.24, 2.45) is 0 Å². The molecule has 0 saturated carbocycles. The lowest BCUT2D eigenvalue weighted by Crippen LogP contribution is -2.67. The lowest BCUT2D eigenvalue weighted by atomic mass is 9.73. The smallest absolute Gasteiger partial charge is 0.172 e. The van der Waals surface area contributed by atoms with Gasteiger partial charge in [0.2, 0.25) is 0 Å². The van der Waals surface area contributed by atoms with Crippen molar-refractivity contribution in [3.05, 3.63) is 29.8 Å². The third kappa shape index (κ3) is 8.67. The van der Waals surface area contributed by atoms with Gasteiger partial charge in [-0.25, -0.2) is 0 Å². The molecule has 0 radical (unpaired) electrons. The molecule has 40 heavy (non-hydrogen) atoms. The van der Waals surface area contributed by atoms with Gasteiger partial charge in [0.25, 0.3) is 0 Å². The number of hydrogen-bond acceptors (Lipinski definition) is 6. The summed E-state index contributed by atoms with van der Waals surface area (Å²) >= 11 is 0. The molecule has 3 aliphatic rings. The van der Waals surface area contributed by atoms with Gasteiger partial charge in [0.05, 0.1) is 31.5 Å². The van der Waals surface area contributed by atoms with Gasteiger partial charge in [-0.1, -0.05) is 84.3 Å². The van der Waals surface area contributed by atoms with Gasteiger partial charge in [-0.2, -0.15) is 5.06 Å². The van der Waals surface area contributed by atoms with Crippen LogP contribution in [0.15, 0.2) is 24.3 Å². The van der Waals surface area contributed by atoms with E-state index >= 15 is 0 Å². The van der Waals surface area contributed by atoms with Gasteiger partial charge in [0, 0.05) is 18.4 Å². The molecule has 1 aromatic rings. The maximum Gasteiger partial charge on any atom is 0.172 e. The summed E-state index contributed by atoms with van der Waals surface area (Å²) in [6.45, 7) is 14.3. The number of benzene rings is 1. The van der Waals surface area contributed by atoms with Gasteiger partial charge in [-0.3, -0.25) is 4.84 Å². The molecule has 0 aromatic heterocycles. The Hall–Kier alpha value is -1.18. The summed E-state index contributed by atoms with van der Waals surface area (Å²) in [6.07, 6.45) is 16.9. The van der Waals surface area contributed by atoms with Crippen LogP contribution in [0.5, 0.6) is 5.75 Å². The first-order chi connectivity index (χ1) is 19.3. The Balaban J connectivity index is 1.26. The number of ether oxygens (including phenoxy) is 4. The highest BCUT2D eigenvalue weighted by Gasteiger charge is 2.59. The number of rotatable bonds is 18. The third-order valence-corrected chi connectivity index (χ3v) is 9.26. The van der Waals surface area contributed by atoms with E-state index in [1.807, 2.05) is 12.1 Å². The first kappa shape index (κ1) is 31.7. The van der Waals surface area contributed by atoms with E-state index in [4.69, 9.17) is 23.8 Å². The zero-order chi connectivity index (χ0) is 28.5. The van der Waals surface area contributed by atoms with Crippen LogP contribution in [0.2, 0.25) is 0 Å². The van der Waals surface area contributed by atoms with E-state index in [0.717, 1.165) is 57.5 Å². The van der Waals surface area contributed by atoms with Crippen molar-refractivity contribution in [1.29, 1.82) is 0 Å². The predicted octanol–water partition coefficient (Wildman–Crippen LogP) is 8.01. The lowest BCUT2D eigenvalue weighted by molar-refractivity contribution is -0.345. The fourth-order valence-electron chi connectivity index (χ4n) is 6.92. The Morgan fingerprint density at radius 1 is 0.850 bits per heavy atom. The Kier molecular flexibility index (Phi) is 11.8. The van der Waals surface area contributed by atoms with E-state index in [2.05, 4.69) is 51.8 Å². The summed E-state index contributed by atoms with van der Waals surface area (Å²) in [6, 6.07) is 8.38. The summed E-state index contributed by atoms with van der Waals surface area (Å²) < 4.78 is 24.4. The summed E-state index contributed by atoms with van der Waals surface area (Å²) in [5.74, 6) is 0.400. The van der Waals surface area contributed by atoms with Crippen molar-refractivity contribution < 1.29 is 23.8 Å². The molecule has 3 atom stereocenters. The van der Waals surface area contributed by atoms with Crippen molar-refractivity contribution in [2.45, 2.75) is 154 Å². The maximum absolute atomic E-state index is 6.79. The van der Waals surface area contributed by atoms with Crippen LogP contribution in [0.4, 0.5) is 0 Å². The van der Waals surface area contributed by atoms with Gasteiger partial charge in [-0.05, 0) is 57.2 Å². The number of nitrogens with zero attached hydrogens (tertiary/aromatic N) is 1. The van der Waals surface area contributed by atoms with Crippen LogP contribution in [0.25, 0.3) is 0 Å². The van der Waals surface area contributed by atoms with Gasteiger partial charge >= 0.3 is 0 Å². The molecule has 0 amide bonds. The van der Waals surface area contributed by atoms with Gasteiger partial charge < -0.3 is 18.9 Å². The first-order valence-electron chi connectivity index (χ1n) is 16.4. The van der Waals surface area contributed by atoms with Gasteiger partial charge in [0.1, 0.15) is 18.5 Å². The third-order valence-electron chi connectivity index (χ3n) is 9.26. The largest absolute Gasteiger partial charge is 0.491 e. The minimum Gasteiger partial charge on any atom is -0.491 e. The second kappa shape index (κ2) is 14.8. The summed E-state index contributed by atoms with van der Waals surface area (Å²) in [7, 11) is 0. The second-order valence-electron chi connectivity index (χ2n) is 13.1. The number of unbranched alkanes of at least 4 members (excludes halogenated alkanes) is 7. The van der Waals surface area contributed by atoms with E-state index in [1.165, 1.54) is 56.9 Å². The highest BCUT2D eigenvalue weighted by atomic mass is 16.7. The molecule has 4 rings (SSSR count). The number of epoxide rings is 1. The fourth-order valence-corrected chi connectivity index (χ4v) is 6.92. The predicted molar refractivity (Wildman–Crippen MR) is 161 cm³/mol. The Morgan fingerprint density at radius 2 is 1.52 bits per heavy atom. The monoisotopic (exact) mass is 559 g/mol. The summed E-state index contributed by atoms with van der Waals surface area (Å²) in [5.41, 5.74) is 0.948. The molecule has 1 spiro atoms. The molecule has 0 aliphatic carbocycles. The average Bonchev–Trinajstić information content (AvgIpc) is 3.71. The summed E-state index contributed by atoms with van der Waals surface area (Å²) in [4.78, 5) is 6.65. The van der Waals surface area contributed by atoms with Gasteiger partial charge in [0.15, 0.2) is 5.79 Å². The fraction of sp³-hybridized carbons (Fsp3) is 0.824. The van der Waals surface area contributed by atoms with Crippen LogP contribution < -0.4 is 4.74 Å². The van der Waals surface area contributed by atoms with Gasteiger partial charge in [-0.15, -0.1) is 0 Å². The highest BCUT2D eigenvalue weighted by Crippen LogP contribution is 2.51. The molecule has 0 N–H and O–H groups in total. The van der Waals surface area contributed by atoms with Crippen LogP contribution in [0, 0.1) is 0 Å². The number of hydrogen-bond donors (Lipinski definition) is 0. The molecule has 6 heteroatoms. The van der Waals surface area contributed by atoms with Crippen LogP contribution >= 0.6 is 0 Å². The molecule has 228 valence electrons. The van der Waals surface area contributed by atoms with E-state index in [9.17, 15) is 0 Å². The molecule has 6 nitrogen and oxygen atoms in total. The molecule has 1 aromatic carbocycles. The molecule has 3 fully saturated rings. The van der Waals surface area contributed by atoms with Crippen LogP contribution in [0.3, 0.4) is 0 Å². The van der Waals surface area contributed by atoms with Crippen molar-refractivity contribution >= 4 is 0 Å². The molecule has 3 unspecified atom stereocenters. The van der Waals surface area contributed by atoms with Crippen LogP contribution in [0.1, 0.15) is 124 Å².